The standard InChI is InChI=1S/C17H23N3O3S2/c1-19(15-8-4-3-5-9-15)12-7-11-18-16(21)14-20(2)25(22,23)17-10-6-13-24-17/h3-6,8-10,13H,7,11-12,14H2,1-2H3,(H,18,21). The molecule has 0 bridgehead atoms. The summed E-state index contributed by atoms with van der Waals surface area (Å²) in [7, 11) is -0.175. The van der Waals surface area contributed by atoms with Crippen molar-refractivity contribution in [2.75, 3.05) is 38.6 Å². The number of hydrogen-bond donors (Lipinski definition) is 1. The third-order valence-corrected chi connectivity index (χ3v) is 6.89. The Morgan fingerprint density at radius 1 is 1.12 bits per heavy atom. The van der Waals surface area contributed by atoms with E-state index in [1.54, 1.807) is 11.4 Å². The van der Waals surface area contributed by atoms with Gasteiger partial charge in [0.15, 0.2) is 0 Å². The number of nitrogens with one attached hydrogen (secondary N) is 1. The Labute approximate surface area is 153 Å². The second-order valence-electron chi connectivity index (χ2n) is 5.65. The number of anilines is 1. The predicted molar refractivity (Wildman–Crippen MR) is 101 cm³/mol. The average molecular weight is 382 g/mol. The van der Waals surface area contributed by atoms with Gasteiger partial charge < -0.3 is 10.2 Å². The van der Waals surface area contributed by atoms with Gasteiger partial charge in [-0.25, -0.2) is 8.42 Å². The predicted octanol–water partition coefficient (Wildman–Crippen LogP) is 2.01. The van der Waals surface area contributed by atoms with Crippen LogP contribution in [0.3, 0.4) is 0 Å². The maximum absolute atomic E-state index is 12.3. The first-order chi connectivity index (χ1) is 11.9. The van der Waals surface area contributed by atoms with Crippen LogP contribution in [0.25, 0.3) is 0 Å². The summed E-state index contributed by atoms with van der Waals surface area (Å²) in [6, 6.07) is 13.2. The third-order valence-electron chi connectivity index (χ3n) is 3.72. The zero-order valence-electron chi connectivity index (χ0n) is 14.4. The number of amides is 1. The number of benzene rings is 1. The highest BCUT2D eigenvalue weighted by Crippen LogP contribution is 2.19. The van der Waals surface area contributed by atoms with Gasteiger partial charge in [0.05, 0.1) is 6.54 Å². The first-order valence-electron chi connectivity index (χ1n) is 7.94. The van der Waals surface area contributed by atoms with Gasteiger partial charge in [0.1, 0.15) is 4.21 Å². The lowest BCUT2D eigenvalue weighted by atomic mass is 10.3. The quantitative estimate of drug-likeness (QED) is 0.675. The van der Waals surface area contributed by atoms with Gasteiger partial charge in [0, 0.05) is 32.9 Å². The fourth-order valence-electron chi connectivity index (χ4n) is 2.26. The first-order valence-corrected chi connectivity index (χ1v) is 10.3. The van der Waals surface area contributed by atoms with Gasteiger partial charge in [-0.2, -0.15) is 4.31 Å². The monoisotopic (exact) mass is 381 g/mol. The summed E-state index contributed by atoms with van der Waals surface area (Å²) < 4.78 is 25.8. The van der Waals surface area contributed by atoms with E-state index >= 15 is 0 Å². The van der Waals surface area contributed by atoms with Crippen LogP contribution in [0.2, 0.25) is 0 Å². The molecular weight excluding hydrogens is 358 g/mol. The lowest BCUT2D eigenvalue weighted by molar-refractivity contribution is -0.121. The van der Waals surface area contributed by atoms with E-state index in [1.165, 1.54) is 13.1 Å². The number of sulfonamides is 1. The summed E-state index contributed by atoms with van der Waals surface area (Å²) >= 11 is 1.14. The number of likely N-dealkylation sites (N-methyl/N-ethyl adjacent to an activating group) is 1. The number of nitrogens with zero attached hydrogens (tertiary/aromatic N) is 2. The van der Waals surface area contributed by atoms with Crippen LogP contribution >= 0.6 is 11.3 Å². The number of thiophene rings is 1. The van der Waals surface area contributed by atoms with Crippen molar-refractivity contribution >= 4 is 33.0 Å². The topological polar surface area (TPSA) is 69.7 Å². The third kappa shape index (κ3) is 5.55. The number of para-hydroxylation sites is 1. The van der Waals surface area contributed by atoms with E-state index in [4.69, 9.17) is 0 Å². The second kappa shape index (κ2) is 8.98. The van der Waals surface area contributed by atoms with Crippen molar-refractivity contribution in [2.45, 2.75) is 10.6 Å². The molecule has 0 aliphatic heterocycles. The van der Waals surface area contributed by atoms with Gasteiger partial charge >= 0.3 is 0 Å². The summed E-state index contributed by atoms with van der Waals surface area (Å²) in [6.45, 7) is 1.12. The molecule has 1 N–H and O–H groups in total. The van der Waals surface area contributed by atoms with Crippen LogP contribution in [0.5, 0.6) is 0 Å². The molecule has 2 rings (SSSR count). The van der Waals surface area contributed by atoms with E-state index < -0.39 is 10.0 Å². The van der Waals surface area contributed by atoms with Crippen LogP contribution in [0.4, 0.5) is 5.69 Å². The molecule has 0 radical (unpaired) electrons. The molecule has 25 heavy (non-hydrogen) atoms. The summed E-state index contributed by atoms with van der Waals surface area (Å²) in [4.78, 5) is 14.1. The van der Waals surface area contributed by atoms with Crippen LogP contribution < -0.4 is 10.2 Å². The van der Waals surface area contributed by atoms with Crippen molar-refractivity contribution in [3.8, 4) is 0 Å². The lowest BCUT2D eigenvalue weighted by Crippen LogP contribution is -2.39. The SMILES string of the molecule is CN(CCCNC(=O)CN(C)S(=O)(=O)c1cccs1)c1ccccc1. The minimum Gasteiger partial charge on any atom is -0.375 e. The van der Waals surface area contributed by atoms with Crippen molar-refractivity contribution < 1.29 is 13.2 Å². The van der Waals surface area contributed by atoms with E-state index in [9.17, 15) is 13.2 Å². The Kier molecular flexibility index (Phi) is 6.98. The largest absolute Gasteiger partial charge is 0.375 e. The molecule has 0 fully saturated rings. The average Bonchev–Trinajstić information content (AvgIpc) is 3.14. The molecule has 6 nitrogen and oxygen atoms in total. The van der Waals surface area contributed by atoms with Gasteiger partial charge in [-0.1, -0.05) is 24.3 Å². The van der Waals surface area contributed by atoms with Crippen LogP contribution in [0.15, 0.2) is 52.1 Å². The number of carbonyl (C=O) groups excluding carboxylic acids is 1. The van der Waals surface area contributed by atoms with Crippen molar-refractivity contribution in [3.05, 3.63) is 47.8 Å². The van der Waals surface area contributed by atoms with Crippen LogP contribution in [0.1, 0.15) is 6.42 Å². The van der Waals surface area contributed by atoms with Crippen LogP contribution in [0, 0.1) is 0 Å². The first kappa shape index (κ1) is 19.4. The summed E-state index contributed by atoms with van der Waals surface area (Å²) in [5, 5.41) is 4.47. The van der Waals surface area contributed by atoms with E-state index in [2.05, 4.69) is 10.2 Å². The van der Waals surface area contributed by atoms with E-state index in [1.807, 2.05) is 37.4 Å². The highest BCUT2D eigenvalue weighted by atomic mass is 32.2. The number of rotatable bonds is 9. The Bertz CT molecular complexity index is 762. The normalized spacial score (nSPS) is 11.5. The van der Waals surface area contributed by atoms with Gasteiger partial charge in [-0.3, -0.25) is 4.79 Å². The van der Waals surface area contributed by atoms with E-state index in [0.717, 1.165) is 34.3 Å². The van der Waals surface area contributed by atoms with Crippen molar-refractivity contribution in [2.24, 2.45) is 0 Å². The van der Waals surface area contributed by atoms with Gasteiger partial charge in [-0.15, -0.1) is 11.3 Å². The smallest absolute Gasteiger partial charge is 0.252 e. The number of hydrogen-bond acceptors (Lipinski definition) is 5. The van der Waals surface area contributed by atoms with Crippen LogP contribution in [-0.4, -0.2) is 52.4 Å². The molecule has 0 atom stereocenters. The minimum atomic E-state index is -3.59. The van der Waals surface area contributed by atoms with Gasteiger partial charge in [0.25, 0.3) is 10.0 Å². The van der Waals surface area contributed by atoms with Gasteiger partial charge in [0.2, 0.25) is 5.91 Å². The molecule has 8 heteroatoms. The summed E-state index contributed by atoms with van der Waals surface area (Å²) in [5.41, 5.74) is 1.12. The molecule has 0 saturated heterocycles. The molecule has 0 aliphatic rings. The highest BCUT2D eigenvalue weighted by Gasteiger charge is 2.23. The molecule has 0 aliphatic carbocycles. The molecule has 1 amide bonds. The fourth-order valence-corrected chi connectivity index (χ4v) is 4.59. The maximum Gasteiger partial charge on any atom is 0.252 e. The Balaban J connectivity index is 1.72. The molecule has 0 saturated carbocycles. The van der Waals surface area contributed by atoms with Crippen LogP contribution in [-0.2, 0) is 14.8 Å². The Morgan fingerprint density at radius 2 is 1.84 bits per heavy atom. The molecular formula is C17H23N3O3S2. The zero-order chi connectivity index (χ0) is 18.3. The maximum atomic E-state index is 12.3. The van der Waals surface area contributed by atoms with Gasteiger partial charge in [-0.05, 0) is 30.0 Å². The lowest BCUT2D eigenvalue weighted by Gasteiger charge is -2.19. The van der Waals surface area contributed by atoms with E-state index in [-0.39, 0.29) is 16.7 Å². The molecule has 0 unspecified atom stereocenters. The molecule has 0 spiro atoms. The fraction of sp³-hybridized carbons (Fsp3) is 0.353. The summed E-state index contributed by atoms with van der Waals surface area (Å²) in [5.74, 6) is -0.301. The molecule has 136 valence electrons. The number of carbonyl (C=O) groups is 1. The molecule has 1 heterocycles. The Hall–Kier alpha value is -1.90. The second-order valence-corrected chi connectivity index (χ2v) is 8.87. The molecule has 1 aromatic heterocycles. The van der Waals surface area contributed by atoms with Crippen molar-refractivity contribution in [3.63, 3.8) is 0 Å². The Morgan fingerprint density at radius 3 is 2.48 bits per heavy atom. The molecule has 1 aromatic carbocycles. The zero-order valence-corrected chi connectivity index (χ0v) is 16.0. The van der Waals surface area contributed by atoms with Crippen molar-refractivity contribution in [1.82, 2.24) is 9.62 Å². The molecule has 2 aromatic rings. The highest BCUT2D eigenvalue weighted by molar-refractivity contribution is 7.91. The summed E-state index contributed by atoms with van der Waals surface area (Å²) in [6.07, 6.45) is 0.776. The van der Waals surface area contributed by atoms with E-state index in [0.29, 0.717) is 6.54 Å². The minimum absolute atomic E-state index is 0.186. The van der Waals surface area contributed by atoms with Crippen molar-refractivity contribution in [1.29, 1.82) is 0 Å².